The fourth-order valence-corrected chi connectivity index (χ4v) is 3.25. The van der Waals surface area contributed by atoms with E-state index in [1.54, 1.807) is 0 Å². The molecule has 2 aromatic rings. The Hall–Kier alpha value is -1.28. The Morgan fingerprint density at radius 2 is 1.90 bits per heavy atom. The zero-order chi connectivity index (χ0) is 14.7. The summed E-state index contributed by atoms with van der Waals surface area (Å²) in [5.41, 5.74) is 4.13. The average molecular weight is 272 g/mol. The van der Waals surface area contributed by atoms with Gasteiger partial charge in [0, 0.05) is 30.0 Å². The van der Waals surface area contributed by atoms with Crippen LogP contribution in [-0.2, 0) is 6.42 Å². The molecule has 0 aliphatic rings. The first kappa shape index (κ1) is 15.1. The van der Waals surface area contributed by atoms with Gasteiger partial charge in [0.05, 0.1) is 0 Å². The predicted molar refractivity (Wildman–Crippen MR) is 87.4 cm³/mol. The van der Waals surface area contributed by atoms with Crippen LogP contribution in [0.1, 0.15) is 45.2 Å². The van der Waals surface area contributed by atoms with Crippen molar-refractivity contribution in [3.05, 3.63) is 41.7 Å². The summed E-state index contributed by atoms with van der Waals surface area (Å²) in [5.74, 6) is 0. The van der Waals surface area contributed by atoms with Gasteiger partial charge in [-0.25, -0.2) is 0 Å². The van der Waals surface area contributed by atoms with Crippen LogP contribution < -0.4 is 0 Å². The van der Waals surface area contributed by atoms with Crippen LogP contribution in [0.15, 0.2) is 30.6 Å². The minimum absolute atomic E-state index is 0.612. The van der Waals surface area contributed by atoms with Gasteiger partial charge in [-0.3, -0.25) is 4.90 Å². The van der Waals surface area contributed by atoms with Crippen molar-refractivity contribution >= 4 is 5.52 Å². The molecule has 0 aliphatic carbocycles. The SMILES string of the molecule is CCC(Cc1ccn2cc(C)ccc12)N(CC)C(C)C. The van der Waals surface area contributed by atoms with Crippen LogP contribution in [0.4, 0.5) is 0 Å². The minimum Gasteiger partial charge on any atom is -0.323 e. The van der Waals surface area contributed by atoms with Gasteiger partial charge in [-0.15, -0.1) is 0 Å². The van der Waals surface area contributed by atoms with E-state index in [2.05, 4.69) is 74.5 Å². The highest BCUT2D eigenvalue weighted by molar-refractivity contribution is 5.56. The fourth-order valence-electron chi connectivity index (χ4n) is 3.25. The third kappa shape index (κ3) is 3.06. The second-order valence-electron chi connectivity index (χ2n) is 6.03. The van der Waals surface area contributed by atoms with Gasteiger partial charge in [0.25, 0.3) is 0 Å². The van der Waals surface area contributed by atoms with Gasteiger partial charge in [-0.1, -0.05) is 19.9 Å². The summed E-state index contributed by atoms with van der Waals surface area (Å²) in [4.78, 5) is 2.61. The molecule has 2 rings (SSSR count). The molecule has 0 bridgehead atoms. The minimum atomic E-state index is 0.612. The lowest BCUT2D eigenvalue weighted by molar-refractivity contribution is 0.156. The molecule has 0 radical (unpaired) electrons. The highest BCUT2D eigenvalue weighted by atomic mass is 15.2. The Kier molecular flexibility index (Phi) is 4.87. The predicted octanol–water partition coefficient (Wildman–Crippen LogP) is 4.30. The van der Waals surface area contributed by atoms with Gasteiger partial charge < -0.3 is 4.40 Å². The van der Waals surface area contributed by atoms with Gasteiger partial charge in [-0.2, -0.15) is 0 Å². The molecule has 0 amide bonds. The van der Waals surface area contributed by atoms with E-state index >= 15 is 0 Å². The van der Waals surface area contributed by atoms with E-state index in [0.29, 0.717) is 12.1 Å². The average Bonchev–Trinajstić information content (AvgIpc) is 2.80. The smallest absolute Gasteiger partial charge is 0.0482 e. The van der Waals surface area contributed by atoms with Crippen LogP contribution in [0.5, 0.6) is 0 Å². The van der Waals surface area contributed by atoms with Crippen molar-refractivity contribution in [3.63, 3.8) is 0 Å². The lowest BCUT2D eigenvalue weighted by Crippen LogP contribution is -2.41. The van der Waals surface area contributed by atoms with E-state index in [1.807, 2.05) is 0 Å². The van der Waals surface area contributed by atoms with E-state index in [0.717, 1.165) is 13.0 Å². The summed E-state index contributed by atoms with van der Waals surface area (Å²) in [6.45, 7) is 12.4. The maximum absolute atomic E-state index is 2.61. The lowest BCUT2D eigenvalue weighted by Gasteiger charge is -2.33. The zero-order valence-electron chi connectivity index (χ0n) is 13.6. The summed E-state index contributed by atoms with van der Waals surface area (Å²) in [5, 5.41) is 0. The van der Waals surface area contributed by atoms with Crippen molar-refractivity contribution in [2.75, 3.05) is 6.54 Å². The molecule has 1 atom stereocenters. The topological polar surface area (TPSA) is 7.65 Å². The van der Waals surface area contributed by atoms with E-state index in [1.165, 1.54) is 23.1 Å². The van der Waals surface area contributed by atoms with Crippen molar-refractivity contribution in [2.24, 2.45) is 0 Å². The molecule has 2 heteroatoms. The molecule has 0 spiro atoms. The number of aromatic nitrogens is 1. The first-order valence-electron chi connectivity index (χ1n) is 7.88. The number of aryl methyl sites for hydroxylation is 1. The zero-order valence-corrected chi connectivity index (χ0v) is 13.6. The Bertz CT molecular complexity index is 554. The number of pyridine rings is 1. The van der Waals surface area contributed by atoms with Crippen LogP contribution in [-0.4, -0.2) is 27.9 Å². The van der Waals surface area contributed by atoms with Crippen LogP contribution in [0.25, 0.3) is 5.52 Å². The summed E-state index contributed by atoms with van der Waals surface area (Å²) in [6.07, 6.45) is 6.74. The van der Waals surface area contributed by atoms with Crippen LogP contribution in [0.3, 0.4) is 0 Å². The number of nitrogens with zero attached hydrogens (tertiary/aromatic N) is 2. The molecule has 2 nitrogen and oxygen atoms in total. The molecular formula is C18H28N2. The summed E-state index contributed by atoms with van der Waals surface area (Å²) >= 11 is 0. The third-order valence-electron chi connectivity index (χ3n) is 4.31. The van der Waals surface area contributed by atoms with Gasteiger partial charge in [0.2, 0.25) is 0 Å². The maximum Gasteiger partial charge on any atom is 0.0482 e. The Balaban J connectivity index is 2.25. The molecular weight excluding hydrogens is 244 g/mol. The molecule has 0 saturated carbocycles. The monoisotopic (exact) mass is 272 g/mol. The summed E-state index contributed by atoms with van der Waals surface area (Å²) in [7, 11) is 0. The van der Waals surface area contributed by atoms with Crippen molar-refractivity contribution in [1.29, 1.82) is 0 Å². The molecule has 0 saturated heterocycles. The van der Waals surface area contributed by atoms with Gasteiger partial charge in [0.15, 0.2) is 0 Å². The summed E-state index contributed by atoms with van der Waals surface area (Å²) in [6, 6.07) is 7.99. The highest BCUT2D eigenvalue weighted by Gasteiger charge is 2.19. The maximum atomic E-state index is 2.61. The standard InChI is InChI=1S/C18H28N2/c1-6-17(20(7-2)14(3)4)12-16-10-11-19-13-15(5)8-9-18(16)19/h8-11,13-14,17H,6-7,12H2,1-5H3. The van der Waals surface area contributed by atoms with Crippen LogP contribution in [0, 0.1) is 6.92 Å². The van der Waals surface area contributed by atoms with Crippen molar-refractivity contribution in [2.45, 2.75) is 59.5 Å². The van der Waals surface area contributed by atoms with E-state index in [9.17, 15) is 0 Å². The number of hydrogen-bond donors (Lipinski definition) is 0. The molecule has 0 aromatic carbocycles. The highest BCUT2D eigenvalue weighted by Crippen LogP contribution is 2.20. The Morgan fingerprint density at radius 3 is 2.50 bits per heavy atom. The summed E-state index contributed by atoms with van der Waals surface area (Å²) < 4.78 is 2.25. The van der Waals surface area contributed by atoms with Crippen molar-refractivity contribution in [3.8, 4) is 0 Å². The van der Waals surface area contributed by atoms with E-state index in [-0.39, 0.29) is 0 Å². The second kappa shape index (κ2) is 6.45. The molecule has 0 fully saturated rings. The third-order valence-corrected chi connectivity index (χ3v) is 4.31. The number of likely N-dealkylation sites (N-methyl/N-ethyl adjacent to an activating group) is 1. The van der Waals surface area contributed by atoms with Crippen LogP contribution in [0.2, 0.25) is 0 Å². The quantitative estimate of drug-likeness (QED) is 0.761. The Morgan fingerprint density at radius 1 is 1.15 bits per heavy atom. The number of fused-ring (bicyclic) bond motifs is 1. The second-order valence-corrected chi connectivity index (χ2v) is 6.03. The molecule has 2 heterocycles. The molecule has 0 N–H and O–H groups in total. The van der Waals surface area contributed by atoms with Gasteiger partial charge >= 0.3 is 0 Å². The van der Waals surface area contributed by atoms with Gasteiger partial charge in [0.1, 0.15) is 0 Å². The first-order chi connectivity index (χ1) is 9.56. The molecule has 1 unspecified atom stereocenters. The Labute approximate surface area is 123 Å². The van der Waals surface area contributed by atoms with Crippen LogP contribution >= 0.6 is 0 Å². The number of rotatable bonds is 6. The van der Waals surface area contributed by atoms with E-state index in [4.69, 9.17) is 0 Å². The fraction of sp³-hybridized carbons (Fsp3) is 0.556. The molecule has 20 heavy (non-hydrogen) atoms. The van der Waals surface area contributed by atoms with Crippen molar-refractivity contribution < 1.29 is 0 Å². The van der Waals surface area contributed by atoms with Crippen molar-refractivity contribution in [1.82, 2.24) is 9.30 Å². The van der Waals surface area contributed by atoms with Gasteiger partial charge in [-0.05, 0) is 63.4 Å². The normalized spacial score (nSPS) is 13.6. The molecule has 110 valence electrons. The largest absolute Gasteiger partial charge is 0.323 e. The molecule has 0 aliphatic heterocycles. The van der Waals surface area contributed by atoms with E-state index < -0.39 is 0 Å². The lowest BCUT2D eigenvalue weighted by atomic mass is 10.0. The first-order valence-corrected chi connectivity index (χ1v) is 7.88. The number of hydrogen-bond acceptors (Lipinski definition) is 1. The molecule has 2 aromatic heterocycles.